The summed E-state index contributed by atoms with van der Waals surface area (Å²) in [6, 6.07) is 6.16. The zero-order valence-corrected chi connectivity index (χ0v) is 10.5. The highest BCUT2D eigenvalue weighted by molar-refractivity contribution is 7.13. The monoisotopic (exact) mass is 278 g/mol. The van der Waals surface area contributed by atoms with E-state index in [1.54, 1.807) is 23.7 Å². The highest BCUT2D eigenvalue weighted by atomic mass is 35.5. The van der Waals surface area contributed by atoms with Crippen LogP contribution in [0.15, 0.2) is 29.8 Å². The van der Waals surface area contributed by atoms with Crippen LogP contribution in [-0.4, -0.2) is 11.0 Å². The van der Waals surface area contributed by atoms with Gasteiger partial charge in [0.15, 0.2) is 5.13 Å². The van der Waals surface area contributed by atoms with Crippen LogP contribution in [-0.2, 0) is 0 Å². The lowest BCUT2D eigenvalue weighted by atomic mass is 10.2. The lowest BCUT2D eigenvalue weighted by molar-refractivity contribution is 0.262. The molecule has 2 aromatic rings. The molecule has 1 aromatic heterocycles. The number of thiazole rings is 1. The average Bonchev–Trinajstić information content (AvgIpc) is 2.84. The van der Waals surface area contributed by atoms with Gasteiger partial charge in [-0.1, -0.05) is 11.6 Å². The number of anilines is 2. The first-order chi connectivity index (χ1) is 8.69. The molecule has 0 aliphatic rings. The van der Waals surface area contributed by atoms with E-state index >= 15 is 0 Å². The number of benzene rings is 1. The summed E-state index contributed by atoms with van der Waals surface area (Å²) in [4.78, 5) is 15.5. The van der Waals surface area contributed by atoms with Gasteiger partial charge in [-0.2, -0.15) is 5.26 Å². The van der Waals surface area contributed by atoms with Gasteiger partial charge in [0.25, 0.3) is 0 Å². The van der Waals surface area contributed by atoms with Crippen molar-refractivity contribution in [2.24, 2.45) is 0 Å². The Hall–Kier alpha value is -2.10. The van der Waals surface area contributed by atoms with Crippen LogP contribution >= 0.6 is 22.9 Å². The number of hydrogen-bond acceptors (Lipinski definition) is 4. The van der Waals surface area contributed by atoms with Gasteiger partial charge >= 0.3 is 6.03 Å². The van der Waals surface area contributed by atoms with Crippen molar-refractivity contribution < 1.29 is 4.79 Å². The van der Waals surface area contributed by atoms with E-state index in [1.807, 2.05) is 6.07 Å². The van der Waals surface area contributed by atoms with E-state index in [2.05, 4.69) is 15.6 Å². The summed E-state index contributed by atoms with van der Waals surface area (Å²) in [6.07, 6.45) is 1.59. The maximum Gasteiger partial charge on any atom is 0.325 e. The molecular weight excluding hydrogens is 272 g/mol. The molecule has 2 amide bonds. The Kier molecular flexibility index (Phi) is 3.77. The lowest BCUT2D eigenvalue weighted by Gasteiger charge is -2.07. The van der Waals surface area contributed by atoms with Crippen LogP contribution in [0, 0.1) is 11.3 Å². The van der Waals surface area contributed by atoms with Gasteiger partial charge in [0, 0.05) is 16.6 Å². The van der Waals surface area contributed by atoms with Gasteiger partial charge in [0.2, 0.25) is 0 Å². The van der Waals surface area contributed by atoms with Crippen LogP contribution in [0.5, 0.6) is 0 Å². The van der Waals surface area contributed by atoms with Crippen molar-refractivity contribution in [3.8, 4) is 6.07 Å². The maximum atomic E-state index is 11.6. The number of amides is 2. The summed E-state index contributed by atoms with van der Waals surface area (Å²) in [7, 11) is 0. The van der Waals surface area contributed by atoms with Gasteiger partial charge in [-0.3, -0.25) is 5.32 Å². The fourth-order valence-electron chi connectivity index (χ4n) is 1.25. The Morgan fingerprint density at radius 1 is 1.44 bits per heavy atom. The number of urea groups is 1. The number of halogens is 1. The third kappa shape index (κ3) is 2.97. The fraction of sp³-hybridized carbons (Fsp3) is 0. The molecule has 0 saturated heterocycles. The van der Waals surface area contributed by atoms with E-state index in [4.69, 9.17) is 16.9 Å². The number of aromatic nitrogens is 1. The number of hydrogen-bond donors (Lipinski definition) is 2. The van der Waals surface area contributed by atoms with E-state index in [9.17, 15) is 4.79 Å². The molecule has 1 aromatic carbocycles. The fourth-order valence-corrected chi connectivity index (χ4v) is 1.95. The highest BCUT2D eigenvalue weighted by Gasteiger charge is 2.08. The summed E-state index contributed by atoms with van der Waals surface area (Å²) in [5, 5.41) is 16.7. The Morgan fingerprint density at radius 3 is 2.94 bits per heavy atom. The van der Waals surface area contributed by atoms with Crippen LogP contribution < -0.4 is 10.6 Å². The van der Waals surface area contributed by atoms with Gasteiger partial charge < -0.3 is 5.32 Å². The number of nitriles is 1. The number of nitrogens with zero attached hydrogens (tertiary/aromatic N) is 2. The summed E-state index contributed by atoms with van der Waals surface area (Å²) in [5.74, 6) is 0. The highest BCUT2D eigenvalue weighted by Crippen LogP contribution is 2.20. The van der Waals surface area contributed by atoms with E-state index in [0.717, 1.165) is 0 Å². The number of carbonyl (C=O) groups excluding carboxylic acids is 1. The van der Waals surface area contributed by atoms with Crippen LogP contribution in [0.2, 0.25) is 5.02 Å². The van der Waals surface area contributed by atoms with Crippen molar-refractivity contribution in [1.82, 2.24) is 4.98 Å². The summed E-state index contributed by atoms with van der Waals surface area (Å²) >= 11 is 7.06. The molecular formula is C11H7ClN4OS. The Bertz CT molecular complexity index is 606. The molecule has 7 heteroatoms. The molecule has 0 aliphatic heterocycles. The van der Waals surface area contributed by atoms with E-state index in [-0.39, 0.29) is 0 Å². The molecule has 0 spiro atoms. The second-order valence-corrected chi connectivity index (χ2v) is 4.55. The molecule has 2 N–H and O–H groups in total. The number of rotatable bonds is 2. The quantitative estimate of drug-likeness (QED) is 0.884. The van der Waals surface area contributed by atoms with Crippen LogP contribution in [0.4, 0.5) is 15.6 Å². The van der Waals surface area contributed by atoms with Gasteiger partial charge in [-0.15, -0.1) is 11.3 Å². The molecule has 0 radical (unpaired) electrons. The molecule has 0 atom stereocenters. The van der Waals surface area contributed by atoms with Gasteiger partial charge in [0.05, 0.1) is 11.3 Å². The van der Waals surface area contributed by atoms with E-state index in [0.29, 0.717) is 21.4 Å². The molecule has 5 nitrogen and oxygen atoms in total. The Labute approximate surface area is 112 Å². The van der Waals surface area contributed by atoms with Crippen molar-refractivity contribution in [2.75, 3.05) is 10.6 Å². The normalized spacial score (nSPS) is 9.56. The molecule has 90 valence electrons. The first-order valence-electron chi connectivity index (χ1n) is 4.86. The molecule has 18 heavy (non-hydrogen) atoms. The second-order valence-electron chi connectivity index (χ2n) is 3.22. The second kappa shape index (κ2) is 5.49. The van der Waals surface area contributed by atoms with E-state index in [1.165, 1.54) is 17.4 Å². The predicted octanol–water partition coefficient (Wildman–Crippen LogP) is 3.31. The first-order valence-corrected chi connectivity index (χ1v) is 6.12. The summed E-state index contributed by atoms with van der Waals surface area (Å²) < 4.78 is 0. The molecule has 1 heterocycles. The molecule has 0 saturated carbocycles. The number of nitrogens with one attached hydrogen (secondary N) is 2. The lowest BCUT2D eigenvalue weighted by Crippen LogP contribution is -2.19. The van der Waals surface area contributed by atoms with Gasteiger partial charge in [-0.05, 0) is 18.2 Å². The first kappa shape index (κ1) is 12.4. The van der Waals surface area contributed by atoms with Crippen LogP contribution in [0.25, 0.3) is 0 Å². The maximum absolute atomic E-state index is 11.6. The third-order valence-corrected chi connectivity index (χ3v) is 2.93. The average molecular weight is 279 g/mol. The minimum Gasteiger partial charge on any atom is -0.306 e. The minimum absolute atomic E-state index is 0.303. The van der Waals surface area contributed by atoms with Crippen molar-refractivity contribution in [1.29, 1.82) is 5.26 Å². The molecule has 0 aliphatic carbocycles. The Morgan fingerprint density at radius 2 is 2.28 bits per heavy atom. The van der Waals surface area contributed by atoms with Crippen LogP contribution in [0.1, 0.15) is 5.56 Å². The number of carbonyl (C=O) groups is 1. The summed E-state index contributed by atoms with van der Waals surface area (Å²) in [5.41, 5.74) is 0.702. The topological polar surface area (TPSA) is 77.8 Å². The SMILES string of the molecule is N#Cc1cc(Cl)ccc1NC(=O)Nc1nccs1. The largest absolute Gasteiger partial charge is 0.325 e. The summed E-state index contributed by atoms with van der Waals surface area (Å²) in [6.45, 7) is 0. The van der Waals surface area contributed by atoms with E-state index < -0.39 is 6.03 Å². The molecule has 0 fully saturated rings. The van der Waals surface area contributed by atoms with Crippen molar-refractivity contribution in [3.05, 3.63) is 40.4 Å². The standard InChI is InChI=1S/C11H7ClN4OS/c12-8-1-2-9(7(5-8)6-13)15-10(17)16-11-14-3-4-18-11/h1-5H,(H2,14,15,16,17). The van der Waals surface area contributed by atoms with Crippen LogP contribution in [0.3, 0.4) is 0 Å². The van der Waals surface area contributed by atoms with Gasteiger partial charge in [0.1, 0.15) is 6.07 Å². The zero-order valence-electron chi connectivity index (χ0n) is 8.98. The molecule has 0 unspecified atom stereocenters. The van der Waals surface area contributed by atoms with Gasteiger partial charge in [-0.25, -0.2) is 9.78 Å². The van der Waals surface area contributed by atoms with Crippen molar-refractivity contribution in [2.45, 2.75) is 0 Å². The molecule has 2 rings (SSSR count). The zero-order chi connectivity index (χ0) is 13.0. The minimum atomic E-state index is -0.455. The third-order valence-electron chi connectivity index (χ3n) is 2.00. The predicted molar refractivity (Wildman–Crippen MR) is 70.9 cm³/mol. The van der Waals surface area contributed by atoms with Crippen molar-refractivity contribution in [3.63, 3.8) is 0 Å². The van der Waals surface area contributed by atoms with Crippen molar-refractivity contribution >= 4 is 39.8 Å². The molecule has 0 bridgehead atoms. The smallest absolute Gasteiger partial charge is 0.306 e. The Balaban J connectivity index is 2.10.